The number of hydrogen-bond acceptors (Lipinski definition) is 5. The van der Waals surface area contributed by atoms with E-state index in [4.69, 9.17) is 0 Å². The summed E-state index contributed by atoms with van der Waals surface area (Å²) < 4.78 is 13.4. The van der Waals surface area contributed by atoms with E-state index in [2.05, 4.69) is 18.7 Å². The number of likely N-dealkylation sites (tertiary alicyclic amines) is 1. The monoisotopic (exact) mass is 482 g/mol. The molecule has 2 aromatic rings. The minimum atomic E-state index is -0.791. The van der Waals surface area contributed by atoms with Crippen molar-refractivity contribution in [3.63, 3.8) is 0 Å². The number of aliphatic hydroxyl groups excluding tert-OH is 1. The molecule has 1 saturated heterocycles. The van der Waals surface area contributed by atoms with Crippen LogP contribution in [0.1, 0.15) is 63.1 Å². The van der Waals surface area contributed by atoms with Crippen LogP contribution >= 0.6 is 0 Å². The van der Waals surface area contributed by atoms with Gasteiger partial charge in [0, 0.05) is 12.1 Å². The summed E-state index contributed by atoms with van der Waals surface area (Å²) >= 11 is 0. The molecule has 2 aromatic carbocycles. The number of carbonyl (C=O) groups is 2. The normalized spacial score (nSPS) is 17.5. The van der Waals surface area contributed by atoms with Gasteiger partial charge in [0.05, 0.1) is 11.6 Å². The van der Waals surface area contributed by atoms with E-state index in [0.717, 1.165) is 45.3 Å². The predicted octanol–water partition coefficient (Wildman–Crippen LogP) is 5.25. The van der Waals surface area contributed by atoms with Crippen molar-refractivity contribution in [3.8, 4) is 5.75 Å². The van der Waals surface area contributed by atoms with Crippen LogP contribution in [0.5, 0.6) is 5.75 Å². The van der Waals surface area contributed by atoms with Crippen molar-refractivity contribution >= 4 is 17.4 Å². The zero-order valence-electron chi connectivity index (χ0n) is 20.5. The molecule has 7 heteroatoms. The number of benzene rings is 2. The lowest BCUT2D eigenvalue weighted by atomic mass is 9.95. The van der Waals surface area contributed by atoms with Gasteiger partial charge >= 0.3 is 0 Å². The van der Waals surface area contributed by atoms with E-state index in [9.17, 15) is 24.2 Å². The number of rotatable bonds is 12. The van der Waals surface area contributed by atoms with Crippen LogP contribution in [0, 0.1) is 5.82 Å². The van der Waals surface area contributed by atoms with Gasteiger partial charge in [-0.3, -0.25) is 9.59 Å². The first-order valence-corrected chi connectivity index (χ1v) is 12.4. The number of halogens is 1. The number of aromatic hydroxyl groups is 1. The maximum atomic E-state index is 13.4. The highest BCUT2D eigenvalue weighted by Gasteiger charge is 2.45. The Morgan fingerprint density at radius 2 is 1.49 bits per heavy atom. The molecule has 0 unspecified atom stereocenters. The van der Waals surface area contributed by atoms with Gasteiger partial charge in [0.15, 0.2) is 0 Å². The van der Waals surface area contributed by atoms with Gasteiger partial charge in [0.1, 0.15) is 17.3 Å². The van der Waals surface area contributed by atoms with Gasteiger partial charge in [-0.15, -0.1) is 0 Å². The molecule has 1 amide bonds. The second kappa shape index (κ2) is 12.5. The number of amides is 1. The molecule has 35 heavy (non-hydrogen) atoms. The quantitative estimate of drug-likeness (QED) is 0.246. The van der Waals surface area contributed by atoms with Gasteiger partial charge < -0.3 is 20.0 Å². The molecule has 1 heterocycles. The fraction of sp³-hybridized carbons (Fsp3) is 0.429. The molecule has 1 atom stereocenters. The van der Waals surface area contributed by atoms with Crippen LogP contribution in [0.15, 0.2) is 54.1 Å². The number of phenolic OH excluding ortho intramolecular Hbond substituents is 1. The number of ketones is 1. The summed E-state index contributed by atoms with van der Waals surface area (Å²) in [7, 11) is 0. The third-order valence-electron chi connectivity index (χ3n) is 6.40. The molecule has 0 radical (unpaired) electrons. The van der Waals surface area contributed by atoms with Gasteiger partial charge in [-0.05, 0) is 80.9 Å². The topological polar surface area (TPSA) is 81.1 Å². The Balaban J connectivity index is 1.90. The Morgan fingerprint density at radius 3 is 2.06 bits per heavy atom. The minimum Gasteiger partial charge on any atom is -0.508 e. The molecule has 188 valence electrons. The highest BCUT2D eigenvalue weighted by molar-refractivity contribution is 6.46. The summed E-state index contributed by atoms with van der Waals surface area (Å²) in [6.45, 7) is 7.49. The summed E-state index contributed by atoms with van der Waals surface area (Å²) in [5.41, 5.74) is 0.846. The zero-order chi connectivity index (χ0) is 25.4. The van der Waals surface area contributed by atoms with Crippen molar-refractivity contribution in [2.75, 3.05) is 26.2 Å². The van der Waals surface area contributed by atoms with Gasteiger partial charge in [-0.2, -0.15) is 0 Å². The molecule has 0 saturated carbocycles. The minimum absolute atomic E-state index is 0.0267. The van der Waals surface area contributed by atoms with Crippen molar-refractivity contribution in [1.29, 1.82) is 0 Å². The first-order valence-electron chi connectivity index (χ1n) is 12.4. The van der Waals surface area contributed by atoms with Crippen LogP contribution in [0.3, 0.4) is 0 Å². The Kier molecular flexibility index (Phi) is 9.43. The predicted molar refractivity (Wildman–Crippen MR) is 134 cm³/mol. The van der Waals surface area contributed by atoms with Crippen LogP contribution in [0.25, 0.3) is 5.76 Å². The molecule has 6 nitrogen and oxygen atoms in total. The summed E-state index contributed by atoms with van der Waals surface area (Å²) in [5, 5.41) is 20.8. The highest BCUT2D eigenvalue weighted by Crippen LogP contribution is 2.39. The summed E-state index contributed by atoms with van der Waals surface area (Å²) in [6, 6.07) is 10.6. The van der Waals surface area contributed by atoms with Crippen LogP contribution in [-0.2, 0) is 9.59 Å². The summed E-state index contributed by atoms with van der Waals surface area (Å²) in [6.07, 6.45) is 5.13. The smallest absolute Gasteiger partial charge is 0.295 e. The number of unbranched alkanes of at least 4 members (excludes halogenated alkanes) is 2. The van der Waals surface area contributed by atoms with E-state index in [1.165, 1.54) is 41.3 Å². The summed E-state index contributed by atoms with van der Waals surface area (Å²) in [5.74, 6) is -2.17. The number of aliphatic hydroxyl groups is 1. The van der Waals surface area contributed by atoms with Crippen molar-refractivity contribution in [1.82, 2.24) is 9.80 Å². The van der Waals surface area contributed by atoms with Crippen molar-refractivity contribution in [2.24, 2.45) is 0 Å². The van der Waals surface area contributed by atoms with E-state index in [1.54, 1.807) is 12.1 Å². The lowest BCUT2D eigenvalue weighted by Crippen LogP contribution is -2.34. The van der Waals surface area contributed by atoms with E-state index >= 15 is 0 Å². The molecular formula is C28H35FN2O4. The summed E-state index contributed by atoms with van der Waals surface area (Å²) in [4.78, 5) is 30.1. The van der Waals surface area contributed by atoms with Gasteiger partial charge in [0.2, 0.25) is 0 Å². The average Bonchev–Trinajstić information content (AvgIpc) is 3.10. The number of phenols is 1. The fourth-order valence-electron chi connectivity index (χ4n) is 4.44. The molecule has 3 rings (SSSR count). The van der Waals surface area contributed by atoms with Crippen LogP contribution in [0.4, 0.5) is 4.39 Å². The van der Waals surface area contributed by atoms with Crippen LogP contribution in [-0.4, -0.2) is 57.9 Å². The first kappa shape index (κ1) is 26.4. The molecule has 1 aliphatic rings. The lowest BCUT2D eigenvalue weighted by Gasteiger charge is -2.27. The Hall–Kier alpha value is -3.19. The third-order valence-corrected chi connectivity index (χ3v) is 6.40. The van der Waals surface area contributed by atoms with Crippen molar-refractivity contribution in [2.45, 2.75) is 52.0 Å². The molecule has 1 aliphatic heterocycles. The first-order chi connectivity index (χ1) is 16.9. The fourth-order valence-corrected chi connectivity index (χ4v) is 4.44. The Bertz CT molecular complexity index is 1030. The van der Waals surface area contributed by atoms with Crippen LogP contribution < -0.4 is 0 Å². The largest absolute Gasteiger partial charge is 0.508 e. The second-order valence-corrected chi connectivity index (χ2v) is 8.99. The average molecular weight is 483 g/mol. The maximum absolute atomic E-state index is 13.4. The molecule has 0 bridgehead atoms. The van der Waals surface area contributed by atoms with Crippen molar-refractivity contribution in [3.05, 3.63) is 71.0 Å². The molecule has 1 fully saturated rings. The zero-order valence-corrected chi connectivity index (χ0v) is 20.5. The van der Waals surface area contributed by atoms with Crippen molar-refractivity contribution < 1.29 is 24.2 Å². The number of Topliss-reactive ketones (excluding diaryl/α,β-unsaturated/α-hetero) is 1. The molecule has 2 N–H and O–H groups in total. The standard InChI is InChI=1S/C28H35FN2O4/c1-3-5-16-30(17-6-4-2)18-7-19-31-25(20-10-14-23(32)15-11-20)24(27(34)28(31)35)26(33)21-8-12-22(29)13-9-21/h8-15,25,32-33H,3-7,16-19H2,1-2H3/t25-/m0/s1. The van der Waals surface area contributed by atoms with E-state index in [1.807, 2.05) is 0 Å². The third kappa shape index (κ3) is 6.48. The second-order valence-electron chi connectivity index (χ2n) is 8.99. The highest BCUT2D eigenvalue weighted by atomic mass is 19.1. The maximum Gasteiger partial charge on any atom is 0.295 e. The molecule has 0 spiro atoms. The van der Waals surface area contributed by atoms with Gasteiger partial charge in [-0.25, -0.2) is 4.39 Å². The number of hydrogen-bond donors (Lipinski definition) is 2. The number of nitrogens with zero attached hydrogens (tertiary/aromatic N) is 2. The Morgan fingerprint density at radius 1 is 0.914 bits per heavy atom. The van der Waals surface area contributed by atoms with E-state index in [0.29, 0.717) is 18.5 Å². The number of carbonyl (C=O) groups excluding carboxylic acids is 2. The van der Waals surface area contributed by atoms with Gasteiger partial charge in [0.25, 0.3) is 11.7 Å². The SMILES string of the molecule is CCCCN(CCCC)CCCN1C(=O)C(=O)C(=C(O)c2ccc(F)cc2)[C@@H]1c1ccc(O)cc1. The Labute approximate surface area is 206 Å². The van der Waals surface area contributed by atoms with E-state index in [-0.39, 0.29) is 22.6 Å². The van der Waals surface area contributed by atoms with Crippen LogP contribution in [0.2, 0.25) is 0 Å². The molecule has 0 aliphatic carbocycles. The lowest BCUT2D eigenvalue weighted by molar-refractivity contribution is -0.140. The molecule has 0 aromatic heterocycles. The van der Waals surface area contributed by atoms with Gasteiger partial charge in [-0.1, -0.05) is 38.8 Å². The van der Waals surface area contributed by atoms with E-state index < -0.39 is 23.5 Å². The molecular weight excluding hydrogens is 447 g/mol.